The van der Waals surface area contributed by atoms with Gasteiger partial charge in [0.1, 0.15) is 6.54 Å². The number of carbonyl (C=O) groups excluding carboxylic acids is 3. The highest BCUT2D eigenvalue weighted by molar-refractivity contribution is 8.18. The van der Waals surface area contributed by atoms with Gasteiger partial charge in [0.15, 0.2) is 0 Å². The van der Waals surface area contributed by atoms with E-state index in [0.717, 1.165) is 50.4 Å². The van der Waals surface area contributed by atoms with Crippen LogP contribution in [0.5, 0.6) is 0 Å². The lowest BCUT2D eigenvalue weighted by atomic mass is 10.1. The lowest BCUT2D eigenvalue weighted by Crippen LogP contribution is -2.34. The Morgan fingerprint density at radius 2 is 1.79 bits per heavy atom. The Kier molecular flexibility index (Phi) is 5.98. The molecule has 152 valence electrons. The summed E-state index contributed by atoms with van der Waals surface area (Å²) in [5.74, 6) is -1.06. The fraction of sp³-hybridized carbons (Fsp3) is 0.318. The first kappa shape index (κ1) is 20.9. The van der Waals surface area contributed by atoms with Crippen molar-refractivity contribution in [2.45, 2.75) is 34.6 Å². The first-order chi connectivity index (χ1) is 13.7. The number of amides is 2. The number of aromatic nitrogens is 1. The number of imide groups is 1. The number of aryl methyl sites for hydroxylation is 3. The van der Waals surface area contributed by atoms with Crippen LogP contribution in [-0.4, -0.2) is 39.7 Å². The Balaban J connectivity index is 1.95. The summed E-state index contributed by atoms with van der Waals surface area (Å²) < 4.78 is 7.01. The third kappa shape index (κ3) is 4.00. The van der Waals surface area contributed by atoms with Gasteiger partial charge in [-0.1, -0.05) is 18.2 Å². The monoisotopic (exact) mass is 412 g/mol. The van der Waals surface area contributed by atoms with Gasteiger partial charge < -0.3 is 9.30 Å². The van der Waals surface area contributed by atoms with E-state index in [1.54, 1.807) is 13.0 Å². The maximum absolute atomic E-state index is 12.6. The fourth-order valence-electron chi connectivity index (χ4n) is 3.55. The first-order valence-corrected chi connectivity index (χ1v) is 10.2. The van der Waals surface area contributed by atoms with E-state index >= 15 is 0 Å². The Hall–Kier alpha value is -2.80. The van der Waals surface area contributed by atoms with Gasteiger partial charge in [-0.05, 0) is 75.2 Å². The summed E-state index contributed by atoms with van der Waals surface area (Å²) in [4.78, 5) is 37.8. The van der Waals surface area contributed by atoms with Crippen LogP contribution in [0.1, 0.15) is 35.0 Å². The molecule has 6 nitrogen and oxygen atoms in total. The van der Waals surface area contributed by atoms with Gasteiger partial charge in [0.25, 0.3) is 11.1 Å². The van der Waals surface area contributed by atoms with Gasteiger partial charge in [0, 0.05) is 11.4 Å². The molecular formula is C22H24N2O4S. The molecule has 2 heterocycles. The highest BCUT2D eigenvalue weighted by atomic mass is 32.2. The third-order valence-corrected chi connectivity index (χ3v) is 5.79. The summed E-state index contributed by atoms with van der Waals surface area (Å²) in [6.45, 7) is 9.67. The summed E-state index contributed by atoms with van der Waals surface area (Å²) in [5.41, 5.74) is 6.33. The molecular weight excluding hydrogens is 388 g/mol. The molecule has 1 fully saturated rings. The minimum atomic E-state index is -0.593. The van der Waals surface area contributed by atoms with Crippen LogP contribution in [0.2, 0.25) is 0 Å². The van der Waals surface area contributed by atoms with Crippen LogP contribution >= 0.6 is 11.8 Å². The molecule has 3 rings (SSSR count). The zero-order chi connectivity index (χ0) is 21.3. The zero-order valence-electron chi connectivity index (χ0n) is 17.2. The van der Waals surface area contributed by atoms with Crippen molar-refractivity contribution in [1.29, 1.82) is 0 Å². The van der Waals surface area contributed by atoms with Gasteiger partial charge in [-0.3, -0.25) is 19.3 Å². The second kappa shape index (κ2) is 8.29. The molecule has 7 heteroatoms. The summed E-state index contributed by atoms with van der Waals surface area (Å²) in [6.07, 6.45) is 1.72. The van der Waals surface area contributed by atoms with E-state index in [2.05, 4.69) is 30.5 Å². The molecule has 29 heavy (non-hydrogen) atoms. The van der Waals surface area contributed by atoms with E-state index in [1.807, 2.05) is 26.0 Å². The number of hydrogen-bond acceptors (Lipinski definition) is 5. The predicted molar refractivity (Wildman–Crippen MR) is 114 cm³/mol. The molecule has 0 bridgehead atoms. The van der Waals surface area contributed by atoms with Crippen LogP contribution in [0.4, 0.5) is 4.79 Å². The van der Waals surface area contributed by atoms with E-state index in [4.69, 9.17) is 4.74 Å². The molecule has 1 aromatic carbocycles. The smallest absolute Gasteiger partial charge is 0.326 e. The molecule has 0 aliphatic carbocycles. The maximum atomic E-state index is 12.6. The second-order valence-corrected chi connectivity index (χ2v) is 7.97. The lowest BCUT2D eigenvalue weighted by molar-refractivity contribution is -0.145. The Morgan fingerprint density at radius 1 is 1.14 bits per heavy atom. The number of rotatable bonds is 5. The molecule has 2 aromatic rings. The topological polar surface area (TPSA) is 68.6 Å². The summed E-state index contributed by atoms with van der Waals surface area (Å²) in [5, 5.41) is -0.460. The quantitative estimate of drug-likeness (QED) is 0.541. The van der Waals surface area contributed by atoms with E-state index < -0.39 is 17.1 Å². The van der Waals surface area contributed by atoms with Gasteiger partial charge in [-0.25, -0.2) is 0 Å². The van der Waals surface area contributed by atoms with Crippen LogP contribution in [0.25, 0.3) is 11.8 Å². The summed E-state index contributed by atoms with van der Waals surface area (Å²) in [6, 6.07) is 8.17. The average molecular weight is 413 g/mol. The van der Waals surface area contributed by atoms with Gasteiger partial charge in [0.2, 0.25) is 0 Å². The fourth-order valence-corrected chi connectivity index (χ4v) is 4.38. The minimum absolute atomic E-state index is 0.204. The second-order valence-electron chi connectivity index (χ2n) is 6.98. The number of hydrogen-bond donors (Lipinski definition) is 0. The van der Waals surface area contributed by atoms with Crippen molar-refractivity contribution >= 4 is 35.0 Å². The van der Waals surface area contributed by atoms with Gasteiger partial charge in [0.05, 0.1) is 17.2 Å². The number of para-hydroxylation sites is 1. The number of thioether (sulfide) groups is 1. The molecule has 1 saturated heterocycles. The van der Waals surface area contributed by atoms with Gasteiger partial charge >= 0.3 is 5.97 Å². The minimum Gasteiger partial charge on any atom is -0.465 e. The number of benzene rings is 1. The molecule has 1 aromatic heterocycles. The Labute approximate surface area is 174 Å². The number of nitrogens with zero attached hydrogens (tertiary/aromatic N) is 2. The predicted octanol–water partition coefficient (Wildman–Crippen LogP) is 4.31. The van der Waals surface area contributed by atoms with E-state index in [1.165, 1.54) is 0 Å². The number of ether oxygens (including phenoxy) is 1. The molecule has 0 radical (unpaired) electrons. The molecule has 0 N–H and O–H groups in total. The zero-order valence-corrected chi connectivity index (χ0v) is 18.1. The van der Waals surface area contributed by atoms with Crippen molar-refractivity contribution in [3.63, 3.8) is 0 Å². The van der Waals surface area contributed by atoms with Gasteiger partial charge in [-0.15, -0.1) is 0 Å². The molecule has 1 aliphatic rings. The number of carbonyl (C=O) groups is 3. The highest BCUT2D eigenvalue weighted by Crippen LogP contribution is 2.34. The highest BCUT2D eigenvalue weighted by Gasteiger charge is 2.36. The maximum Gasteiger partial charge on any atom is 0.326 e. The van der Waals surface area contributed by atoms with Crippen LogP contribution in [0.15, 0.2) is 29.2 Å². The van der Waals surface area contributed by atoms with Crippen molar-refractivity contribution < 1.29 is 19.1 Å². The SMILES string of the molecule is CCOC(=O)CN1C(=O)S/C(=C/c2cc(C)n(-c3c(C)cccc3C)c2C)C1=O. The normalized spacial score (nSPS) is 15.5. The molecule has 0 unspecified atom stereocenters. The largest absolute Gasteiger partial charge is 0.465 e. The van der Waals surface area contributed by atoms with Crippen molar-refractivity contribution in [2.75, 3.05) is 13.2 Å². The van der Waals surface area contributed by atoms with Crippen molar-refractivity contribution in [2.24, 2.45) is 0 Å². The molecule has 0 saturated carbocycles. The molecule has 0 spiro atoms. The van der Waals surface area contributed by atoms with E-state index in [0.29, 0.717) is 4.91 Å². The molecule has 0 atom stereocenters. The van der Waals surface area contributed by atoms with Crippen LogP contribution in [-0.2, 0) is 14.3 Å². The van der Waals surface area contributed by atoms with Crippen LogP contribution in [0.3, 0.4) is 0 Å². The summed E-state index contributed by atoms with van der Waals surface area (Å²) >= 11 is 0.844. The molecule has 2 amide bonds. The average Bonchev–Trinajstić information content (AvgIpc) is 3.06. The van der Waals surface area contributed by atoms with E-state index in [9.17, 15) is 14.4 Å². The van der Waals surface area contributed by atoms with Crippen molar-refractivity contribution in [3.8, 4) is 5.69 Å². The van der Waals surface area contributed by atoms with Gasteiger partial charge in [-0.2, -0.15) is 0 Å². The number of esters is 1. The van der Waals surface area contributed by atoms with Crippen molar-refractivity contribution in [3.05, 3.63) is 57.2 Å². The lowest BCUT2D eigenvalue weighted by Gasteiger charge is -2.15. The molecule has 1 aliphatic heterocycles. The van der Waals surface area contributed by atoms with Crippen molar-refractivity contribution in [1.82, 2.24) is 9.47 Å². The summed E-state index contributed by atoms with van der Waals surface area (Å²) in [7, 11) is 0. The Bertz CT molecular complexity index is 1020. The van der Waals surface area contributed by atoms with Crippen LogP contribution in [0, 0.1) is 27.7 Å². The first-order valence-electron chi connectivity index (χ1n) is 9.41. The third-order valence-electron chi connectivity index (χ3n) is 4.89. The Morgan fingerprint density at radius 3 is 2.41 bits per heavy atom. The van der Waals surface area contributed by atoms with E-state index in [-0.39, 0.29) is 13.2 Å². The van der Waals surface area contributed by atoms with Crippen LogP contribution < -0.4 is 0 Å². The standard InChI is InChI=1S/C22H24N2O4S/c1-6-28-19(25)12-23-21(26)18(29-22(23)27)11-17-10-15(4)24(16(17)5)20-13(2)8-7-9-14(20)3/h7-11H,6,12H2,1-5H3/b18-11+.